The third-order valence-corrected chi connectivity index (χ3v) is 7.21. The molecular formula is C30H31Cl2N3O2. The average molecular weight is 537 g/mol. The molecule has 4 rings (SSSR count). The molecule has 2 unspecified atom stereocenters. The molecule has 7 heteroatoms. The van der Waals surface area contributed by atoms with Gasteiger partial charge in [0.25, 0.3) is 0 Å². The van der Waals surface area contributed by atoms with Crippen molar-refractivity contribution in [1.29, 1.82) is 0 Å². The zero-order valence-electron chi connectivity index (χ0n) is 20.8. The van der Waals surface area contributed by atoms with Crippen LogP contribution in [0, 0.1) is 5.92 Å². The van der Waals surface area contributed by atoms with Crippen LogP contribution in [0.15, 0.2) is 78.9 Å². The van der Waals surface area contributed by atoms with Crippen LogP contribution in [0.2, 0.25) is 10.0 Å². The predicted molar refractivity (Wildman–Crippen MR) is 150 cm³/mol. The number of hydrogen-bond acceptors (Lipinski definition) is 3. The van der Waals surface area contributed by atoms with E-state index >= 15 is 0 Å². The van der Waals surface area contributed by atoms with Crippen LogP contribution < -0.4 is 10.6 Å². The lowest BCUT2D eigenvalue weighted by Gasteiger charge is -2.36. The molecule has 3 aromatic carbocycles. The Kier molecular flexibility index (Phi) is 9.40. The summed E-state index contributed by atoms with van der Waals surface area (Å²) in [6.07, 6.45) is 4.19. The van der Waals surface area contributed by atoms with Gasteiger partial charge >= 0.3 is 0 Å². The fourth-order valence-corrected chi connectivity index (χ4v) is 4.83. The van der Waals surface area contributed by atoms with Crippen molar-refractivity contribution in [2.45, 2.75) is 25.4 Å². The van der Waals surface area contributed by atoms with Crippen LogP contribution in [-0.2, 0) is 22.7 Å². The first-order chi connectivity index (χ1) is 17.9. The van der Waals surface area contributed by atoms with Gasteiger partial charge < -0.3 is 15.5 Å². The van der Waals surface area contributed by atoms with Gasteiger partial charge in [-0.2, -0.15) is 0 Å². The van der Waals surface area contributed by atoms with Crippen LogP contribution in [0.5, 0.6) is 0 Å². The van der Waals surface area contributed by atoms with Crippen molar-refractivity contribution in [1.82, 2.24) is 15.5 Å². The minimum Gasteiger partial charge on any atom is -0.352 e. The Morgan fingerprint density at radius 3 is 2.05 bits per heavy atom. The number of nitrogens with one attached hydrogen (secondary N) is 2. The van der Waals surface area contributed by atoms with Gasteiger partial charge in [-0.05, 0) is 78.5 Å². The van der Waals surface area contributed by atoms with E-state index in [9.17, 15) is 9.59 Å². The number of amides is 2. The average Bonchev–Trinajstić information content (AvgIpc) is 2.91. The van der Waals surface area contributed by atoms with Gasteiger partial charge in [-0.15, -0.1) is 0 Å². The zero-order valence-corrected chi connectivity index (χ0v) is 22.3. The predicted octanol–water partition coefficient (Wildman–Crippen LogP) is 5.67. The van der Waals surface area contributed by atoms with Gasteiger partial charge in [-0.25, -0.2) is 0 Å². The molecule has 192 valence electrons. The van der Waals surface area contributed by atoms with Crippen LogP contribution in [0.3, 0.4) is 0 Å². The first-order valence-electron chi connectivity index (χ1n) is 12.4. The van der Waals surface area contributed by atoms with Crippen molar-refractivity contribution in [3.63, 3.8) is 0 Å². The van der Waals surface area contributed by atoms with Crippen molar-refractivity contribution < 1.29 is 9.59 Å². The number of rotatable bonds is 8. The van der Waals surface area contributed by atoms with Crippen molar-refractivity contribution in [3.8, 4) is 0 Å². The summed E-state index contributed by atoms with van der Waals surface area (Å²) >= 11 is 11.9. The molecule has 0 aliphatic carbocycles. The highest BCUT2D eigenvalue weighted by atomic mass is 35.5. The van der Waals surface area contributed by atoms with E-state index in [1.807, 2.05) is 60.7 Å². The molecule has 37 heavy (non-hydrogen) atoms. The van der Waals surface area contributed by atoms with Gasteiger partial charge in [-0.1, -0.05) is 71.7 Å². The van der Waals surface area contributed by atoms with E-state index in [2.05, 4.69) is 22.6 Å². The minimum absolute atomic E-state index is 0.0651. The Labute approximate surface area is 228 Å². The third kappa shape index (κ3) is 7.93. The third-order valence-electron chi connectivity index (χ3n) is 6.70. The van der Waals surface area contributed by atoms with E-state index in [-0.39, 0.29) is 23.7 Å². The maximum Gasteiger partial charge on any atom is 0.244 e. The Morgan fingerprint density at radius 1 is 0.865 bits per heavy atom. The minimum atomic E-state index is -0.168. The number of halogens is 2. The Bertz CT molecular complexity index is 1230. The maximum absolute atomic E-state index is 13.2. The Balaban J connectivity index is 1.27. The zero-order chi connectivity index (χ0) is 26.2. The number of carbonyl (C=O) groups excluding carboxylic acids is 2. The molecule has 1 saturated heterocycles. The number of benzene rings is 3. The van der Waals surface area contributed by atoms with E-state index < -0.39 is 0 Å². The van der Waals surface area contributed by atoms with Crippen molar-refractivity contribution in [2.75, 3.05) is 20.1 Å². The summed E-state index contributed by atoms with van der Waals surface area (Å²) in [5, 5.41) is 7.38. The fourth-order valence-electron chi connectivity index (χ4n) is 4.58. The van der Waals surface area contributed by atoms with Crippen LogP contribution in [0.1, 0.15) is 34.6 Å². The maximum atomic E-state index is 13.2. The second-order valence-corrected chi connectivity index (χ2v) is 10.3. The summed E-state index contributed by atoms with van der Waals surface area (Å²) in [5.41, 5.74) is 4.07. The Morgan fingerprint density at radius 2 is 1.43 bits per heavy atom. The fraction of sp³-hybridized carbons (Fsp3) is 0.267. The Hall–Kier alpha value is -3.12. The molecule has 0 radical (unpaired) electrons. The van der Waals surface area contributed by atoms with Gasteiger partial charge in [0.2, 0.25) is 11.8 Å². The standard InChI is InChI=1S/C30H31Cl2N3O2/c1-35-17-16-27(24-9-13-26(32)14-10-24)28(20-35)30(37)34-19-23-4-2-22(3-5-23)18-33-29(36)15-8-21-6-11-25(31)12-7-21/h2-15,27-28H,16-20H2,1H3,(H,33,36)(H,34,37). The molecule has 1 heterocycles. The first kappa shape index (κ1) is 26.9. The highest BCUT2D eigenvalue weighted by Gasteiger charge is 2.34. The molecular weight excluding hydrogens is 505 g/mol. The summed E-state index contributed by atoms with van der Waals surface area (Å²) in [7, 11) is 2.06. The van der Waals surface area contributed by atoms with Gasteiger partial charge in [0, 0.05) is 35.8 Å². The SMILES string of the molecule is CN1CCC(c2ccc(Cl)cc2)C(C(=O)NCc2ccc(CNC(=O)C=Cc3ccc(Cl)cc3)cc2)C1. The summed E-state index contributed by atoms with van der Waals surface area (Å²) in [5.74, 6) is -0.0437. The molecule has 2 amide bonds. The molecule has 1 aliphatic heterocycles. The molecule has 0 bridgehead atoms. The topological polar surface area (TPSA) is 61.4 Å². The van der Waals surface area contributed by atoms with E-state index in [1.54, 1.807) is 18.2 Å². The summed E-state index contributed by atoms with van der Waals surface area (Å²) in [6, 6.07) is 23.0. The number of hydrogen-bond donors (Lipinski definition) is 2. The number of carbonyl (C=O) groups is 2. The first-order valence-corrected chi connectivity index (χ1v) is 13.1. The monoisotopic (exact) mass is 535 g/mol. The molecule has 2 N–H and O–H groups in total. The normalized spacial score (nSPS) is 18.0. The molecule has 2 atom stereocenters. The van der Waals surface area contributed by atoms with Crippen LogP contribution >= 0.6 is 23.2 Å². The van der Waals surface area contributed by atoms with Gasteiger partial charge in [-0.3, -0.25) is 9.59 Å². The molecule has 1 aliphatic rings. The van der Waals surface area contributed by atoms with E-state index in [4.69, 9.17) is 23.2 Å². The molecule has 0 aromatic heterocycles. The van der Waals surface area contributed by atoms with Crippen molar-refractivity contribution >= 4 is 41.1 Å². The van der Waals surface area contributed by atoms with Gasteiger partial charge in [0.15, 0.2) is 0 Å². The molecule has 3 aromatic rings. The van der Waals surface area contributed by atoms with E-state index in [0.717, 1.165) is 41.8 Å². The van der Waals surface area contributed by atoms with Crippen LogP contribution in [0.4, 0.5) is 0 Å². The highest BCUT2D eigenvalue weighted by Crippen LogP contribution is 2.33. The molecule has 0 saturated carbocycles. The van der Waals surface area contributed by atoms with Gasteiger partial charge in [0.1, 0.15) is 0 Å². The number of piperidine rings is 1. The molecule has 5 nitrogen and oxygen atoms in total. The summed E-state index contributed by atoms with van der Waals surface area (Å²) in [6.45, 7) is 2.58. The lowest BCUT2D eigenvalue weighted by atomic mass is 9.80. The van der Waals surface area contributed by atoms with Crippen molar-refractivity contribution in [3.05, 3.63) is 111 Å². The van der Waals surface area contributed by atoms with E-state index in [1.165, 1.54) is 6.08 Å². The highest BCUT2D eigenvalue weighted by molar-refractivity contribution is 6.30. The van der Waals surface area contributed by atoms with Gasteiger partial charge in [0.05, 0.1) is 5.92 Å². The van der Waals surface area contributed by atoms with Crippen LogP contribution in [-0.4, -0.2) is 36.9 Å². The number of likely N-dealkylation sites (tertiary alicyclic amines) is 1. The largest absolute Gasteiger partial charge is 0.352 e. The lowest BCUT2D eigenvalue weighted by Crippen LogP contribution is -2.45. The van der Waals surface area contributed by atoms with Crippen LogP contribution in [0.25, 0.3) is 6.08 Å². The quantitative estimate of drug-likeness (QED) is 0.365. The summed E-state index contributed by atoms with van der Waals surface area (Å²) < 4.78 is 0. The second kappa shape index (κ2) is 12.9. The summed E-state index contributed by atoms with van der Waals surface area (Å²) in [4.78, 5) is 27.5. The second-order valence-electron chi connectivity index (χ2n) is 9.45. The number of nitrogens with zero attached hydrogens (tertiary/aromatic N) is 1. The molecule has 1 fully saturated rings. The lowest BCUT2D eigenvalue weighted by molar-refractivity contribution is -0.127. The molecule has 0 spiro atoms. The smallest absolute Gasteiger partial charge is 0.244 e. The van der Waals surface area contributed by atoms with Crippen molar-refractivity contribution in [2.24, 2.45) is 5.92 Å². The van der Waals surface area contributed by atoms with E-state index in [0.29, 0.717) is 23.1 Å².